The van der Waals surface area contributed by atoms with E-state index in [0.717, 1.165) is 5.56 Å². The van der Waals surface area contributed by atoms with Crippen molar-refractivity contribution < 1.29 is 18.8 Å². The normalized spacial score (nSPS) is 14.0. The van der Waals surface area contributed by atoms with Gasteiger partial charge in [-0.3, -0.25) is 0 Å². The summed E-state index contributed by atoms with van der Waals surface area (Å²) in [4.78, 5) is 12.1. The monoisotopic (exact) mass is 368 g/mol. The molecule has 1 rings (SSSR count). The van der Waals surface area contributed by atoms with E-state index in [1.165, 1.54) is 5.41 Å². The molecule has 25 heavy (non-hydrogen) atoms. The van der Waals surface area contributed by atoms with Crippen LogP contribution in [0.5, 0.6) is 0 Å². The van der Waals surface area contributed by atoms with Crippen molar-refractivity contribution in [3.05, 3.63) is 47.1 Å². The Kier molecular flexibility index (Phi) is 7.67. The highest BCUT2D eigenvalue weighted by Gasteiger charge is 2.20. The van der Waals surface area contributed by atoms with Gasteiger partial charge >= 0.3 is 6.09 Å². The summed E-state index contributed by atoms with van der Waals surface area (Å²) >= 11 is 0. The van der Waals surface area contributed by atoms with Crippen LogP contribution in [0.25, 0.3) is 0 Å². The number of amides is 1. The van der Waals surface area contributed by atoms with E-state index in [1.807, 2.05) is 51.1 Å². The molecule has 0 radical (unpaired) electrons. The van der Waals surface area contributed by atoms with Gasteiger partial charge in [-0.15, -0.1) is 4.21 Å². The standard InChI is InChI=1S/C19H29NO4S/c1-19(2,3)24-18(22)20-16(13-15-9-7-6-8-10-15)11-12-17(21)14-25(4,5)23/h6-10,14,16H,11-13H2,1-5H3,(H-,20,21,22,23)/p+1/t16-/m0/s1. The van der Waals surface area contributed by atoms with Gasteiger partial charge in [-0.1, -0.05) is 30.3 Å². The zero-order chi connectivity index (χ0) is 19.1. The van der Waals surface area contributed by atoms with Gasteiger partial charge in [0.25, 0.3) is 0 Å². The second-order valence-corrected chi connectivity index (χ2v) is 10.3. The lowest BCUT2D eigenvalue weighted by Crippen LogP contribution is -2.40. The van der Waals surface area contributed by atoms with Gasteiger partial charge in [-0.05, 0) is 39.2 Å². The fourth-order valence-corrected chi connectivity index (χ4v) is 3.08. The van der Waals surface area contributed by atoms with Crippen molar-refractivity contribution in [2.24, 2.45) is 0 Å². The molecule has 1 aromatic rings. The number of carbonyl (C=O) groups is 1. The van der Waals surface area contributed by atoms with E-state index in [-0.39, 0.29) is 11.8 Å². The van der Waals surface area contributed by atoms with E-state index in [2.05, 4.69) is 5.32 Å². The molecule has 140 valence electrons. The van der Waals surface area contributed by atoms with Crippen LogP contribution in [0.1, 0.15) is 39.2 Å². The molecule has 1 aromatic carbocycles. The molecule has 0 saturated carbocycles. The molecule has 0 aliphatic carbocycles. The zero-order valence-corrected chi connectivity index (χ0v) is 16.6. The van der Waals surface area contributed by atoms with Gasteiger partial charge < -0.3 is 15.2 Å². The molecule has 0 unspecified atom stereocenters. The minimum Gasteiger partial charge on any atom is -0.508 e. The minimum absolute atomic E-state index is 0.0825. The van der Waals surface area contributed by atoms with Crippen LogP contribution in [-0.2, 0) is 25.3 Å². The molecular formula is C19H30NO4S+. The first-order valence-electron chi connectivity index (χ1n) is 8.32. The second kappa shape index (κ2) is 9.04. The Morgan fingerprint density at radius 1 is 1.28 bits per heavy atom. The number of benzene rings is 1. The molecule has 0 aliphatic heterocycles. The first-order valence-corrected chi connectivity index (χ1v) is 10.8. The zero-order valence-electron chi connectivity index (χ0n) is 15.7. The molecule has 0 spiro atoms. The maximum Gasteiger partial charge on any atom is 0.407 e. The maximum atomic E-state index is 12.1. The fourth-order valence-electron chi connectivity index (χ4n) is 2.31. The molecule has 0 heterocycles. The number of carbonyl (C=O) groups excluding carboxylic acids is 1. The fraction of sp³-hybridized carbons (Fsp3) is 0.526. The second-order valence-electron chi connectivity index (χ2n) is 7.49. The van der Waals surface area contributed by atoms with Crippen molar-refractivity contribution in [1.82, 2.24) is 5.32 Å². The van der Waals surface area contributed by atoms with Crippen LogP contribution in [0.2, 0.25) is 0 Å². The Balaban J connectivity index is 2.75. The third kappa shape index (κ3) is 10.6. The minimum atomic E-state index is -2.15. The summed E-state index contributed by atoms with van der Waals surface area (Å²) in [5, 5.41) is 14.2. The van der Waals surface area contributed by atoms with Gasteiger partial charge in [-0.25, -0.2) is 4.79 Å². The molecule has 1 amide bonds. The first kappa shape index (κ1) is 21.2. The molecule has 6 heteroatoms. The third-order valence-electron chi connectivity index (χ3n) is 3.21. The summed E-state index contributed by atoms with van der Waals surface area (Å²) in [6.45, 7) is 5.44. The Hall–Kier alpha value is -1.82. The number of hydrogen-bond acceptors (Lipinski definition) is 4. The van der Waals surface area contributed by atoms with E-state index in [0.29, 0.717) is 19.3 Å². The highest BCUT2D eigenvalue weighted by atomic mass is 32.2. The maximum absolute atomic E-state index is 12.1. The van der Waals surface area contributed by atoms with Gasteiger partial charge in [0.1, 0.15) is 33.8 Å². The van der Waals surface area contributed by atoms with E-state index in [1.54, 1.807) is 12.5 Å². The average Bonchev–Trinajstić information content (AvgIpc) is 2.42. The van der Waals surface area contributed by atoms with Crippen molar-refractivity contribution in [3.63, 3.8) is 0 Å². The lowest BCUT2D eigenvalue weighted by atomic mass is 10.0. The Labute approximate surface area is 151 Å². The number of aliphatic hydroxyl groups is 1. The summed E-state index contributed by atoms with van der Waals surface area (Å²) < 4.78 is 17.1. The van der Waals surface area contributed by atoms with E-state index in [4.69, 9.17) is 4.74 Å². The quantitative estimate of drug-likeness (QED) is 0.562. The number of nitrogens with one attached hydrogen (secondary N) is 1. The number of rotatable bonds is 7. The van der Waals surface area contributed by atoms with Crippen molar-refractivity contribution in [3.8, 4) is 0 Å². The van der Waals surface area contributed by atoms with Crippen LogP contribution in [0, 0.1) is 0 Å². The predicted molar refractivity (Wildman–Crippen MR) is 103 cm³/mol. The van der Waals surface area contributed by atoms with Gasteiger partial charge in [-0.2, -0.15) is 0 Å². The lowest BCUT2D eigenvalue weighted by Gasteiger charge is -2.23. The summed E-state index contributed by atoms with van der Waals surface area (Å²) in [5.41, 5.74) is 0.515. The molecule has 0 aromatic heterocycles. The SMILES string of the molecule is CC(C)(C)OC(=O)N[C@@H](CC/C(O)=C/[S+](C)(C)=O)Cc1ccccc1. The van der Waals surface area contributed by atoms with Crippen LogP contribution in [0.4, 0.5) is 4.79 Å². The molecule has 0 bridgehead atoms. The van der Waals surface area contributed by atoms with Crippen molar-refractivity contribution >= 4 is 16.0 Å². The van der Waals surface area contributed by atoms with E-state index < -0.39 is 21.6 Å². The summed E-state index contributed by atoms with van der Waals surface area (Å²) in [7, 11) is -2.15. The van der Waals surface area contributed by atoms with E-state index >= 15 is 0 Å². The van der Waals surface area contributed by atoms with Crippen LogP contribution >= 0.6 is 0 Å². The van der Waals surface area contributed by atoms with Gasteiger partial charge in [0.15, 0.2) is 5.41 Å². The smallest absolute Gasteiger partial charge is 0.407 e. The van der Waals surface area contributed by atoms with Gasteiger partial charge in [0.2, 0.25) is 0 Å². The molecule has 5 nitrogen and oxygen atoms in total. The van der Waals surface area contributed by atoms with Crippen molar-refractivity contribution in [2.45, 2.75) is 51.7 Å². The lowest BCUT2D eigenvalue weighted by molar-refractivity contribution is 0.0501. The molecule has 1 atom stereocenters. The molecule has 0 saturated heterocycles. The number of alkyl carbamates (subject to hydrolysis) is 1. The van der Waals surface area contributed by atoms with Crippen LogP contribution in [0.15, 0.2) is 41.5 Å². The number of ether oxygens (including phenoxy) is 1. The predicted octanol–water partition coefficient (Wildman–Crippen LogP) is 4.06. The first-order chi connectivity index (χ1) is 11.4. The van der Waals surface area contributed by atoms with Crippen LogP contribution in [-0.4, -0.2) is 35.4 Å². The van der Waals surface area contributed by atoms with Gasteiger partial charge in [0.05, 0.1) is 0 Å². The topological polar surface area (TPSA) is 75.6 Å². The Morgan fingerprint density at radius 2 is 1.88 bits per heavy atom. The Morgan fingerprint density at radius 3 is 2.40 bits per heavy atom. The molecule has 0 fully saturated rings. The largest absolute Gasteiger partial charge is 0.508 e. The number of aliphatic hydroxyl groups excluding tert-OH is 1. The summed E-state index contributed by atoms with van der Waals surface area (Å²) in [5.74, 6) is 0.0825. The highest BCUT2D eigenvalue weighted by Crippen LogP contribution is 2.14. The van der Waals surface area contributed by atoms with Crippen LogP contribution < -0.4 is 5.32 Å². The van der Waals surface area contributed by atoms with Crippen LogP contribution in [0.3, 0.4) is 0 Å². The third-order valence-corrected chi connectivity index (χ3v) is 4.05. The molecule has 2 N–H and O–H groups in total. The Bertz CT molecular complexity index is 629. The van der Waals surface area contributed by atoms with Crippen molar-refractivity contribution in [1.29, 1.82) is 0 Å². The molecule has 0 aliphatic rings. The van der Waals surface area contributed by atoms with Crippen molar-refractivity contribution in [2.75, 3.05) is 12.5 Å². The number of hydrogen-bond donors (Lipinski definition) is 2. The van der Waals surface area contributed by atoms with E-state index in [9.17, 15) is 14.1 Å². The summed E-state index contributed by atoms with van der Waals surface area (Å²) in [6.07, 6.45) is 4.15. The molecular weight excluding hydrogens is 338 g/mol. The summed E-state index contributed by atoms with van der Waals surface area (Å²) in [6, 6.07) is 9.61. The average molecular weight is 369 g/mol. The number of allylic oxidation sites excluding steroid dienone is 1. The van der Waals surface area contributed by atoms with Gasteiger partial charge in [0, 0.05) is 12.5 Å². The highest BCUT2D eigenvalue weighted by molar-refractivity contribution is 8.04.